The van der Waals surface area contributed by atoms with Gasteiger partial charge in [0, 0.05) is 30.2 Å². The molecule has 3 nitrogen and oxygen atoms in total. The molecular weight excluding hydrogens is 280 g/mol. The quantitative estimate of drug-likeness (QED) is 0.746. The molecule has 4 heteroatoms. The number of carbonyl (C=O) groups is 1. The molecule has 1 aromatic rings. The fraction of sp³-hybridized carbons (Fsp3) is 0.385. The lowest BCUT2D eigenvalue weighted by Gasteiger charge is -2.26. The molecule has 2 saturated heterocycles. The van der Waals surface area contributed by atoms with Gasteiger partial charge in [-0.2, -0.15) is 0 Å². The van der Waals surface area contributed by atoms with Crippen molar-refractivity contribution in [3.8, 4) is 0 Å². The number of fused-ring (bicyclic) bond motifs is 2. The van der Waals surface area contributed by atoms with Crippen LogP contribution in [-0.4, -0.2) is 28.8 Å². The molecule has 0 aliphatic carbocycles. The maximum absolute atomic E-state index is 12.0. The van der Waals surface area contributed by atoms with Gasteiger partial charge in [0.15, 0.2) is 5.78 Å². The van der Waals surface area contributed by atoms with Crippen molar-refractivity contribution in [2.75, 3.05) is 13.1 Å². The lowest BCUT2D eigenvalue weighted by atomic mass is 9.97. The maximum Gasteiger partial charge on any atom is 0.179 e. The summed E-state index contributed by atoms with van der Waals surface area (Å²) >= 11 is 3.46. The fourth-order valence-corrected chi connectivity index (χ4v) is 2.94. The molecule has 1 aromatic heterocycles. The highest BCUT2D eigenvalue weighted by Gasteiger charge is 2.34. The molecule has 0 aromatic carbocycles. The smallest absolute Gasteiger partial charge is 0.179 e. The van der Waals surface area contributed by atoms with Gasteiger partial charge in [-0.25, -0.2) is 0 Å². The molecule has 0 saturated carbocycles. The van der Waals surface area contributed by atoms with Gasteiger partial charge in [-0.05, 0) is 46.5 Å². The summed E-state index contributed by atoms with van der Waals surface area (Å²) in [5.74, 6) is 0.836. The lowest BCUT2D eigenvalue weighted by molar-refractivity contribution is -0.118. The van der Waals surface area contributed by atoms with Crippen LogP contribution >= 0.6 is 15.9 Å². The summed E-state index contributed by atoms with van der Waals surface area (Å²) in [6.07, 6.45) is 5.50. The van der Waals surface area contributed by atoms with E-state index in [2.05, 4.69) is 25.8 Å². The lowest BCUT2D eigenvalue weighted by Crippen LogP contribution is -2.31. The third kappa shape index (κ3) is 2.02. The molecule has 3 rings (SSSR count). The number of carbonyl (C=O) groups excluding carboxylic acids is 1. The minimum Gasteiger partial charge on any atom is -0.368 e. The molecule has 2 aliphatic rings. The predicted molar refractivity (Wildman–Crippen MR) is 69.2 cm³/mol. The molecule has 0 amide bonds. The second-order valence-corrected chi connectivity index (χ2v) is 5.48. The molecule has 0 spiro atoms. The Morgan fingerprint density at radius 3 is 3.24 bits per heavy atom. The van der Waals surface area contributed by atoms with Crippen LogP contribution < -0.4 is 0 Å². The number of allylic oxidation sites excluding steroid dienone is 1. The summed E-state index contributed by atoms with van der Waals surface area (Å²) in [6.45, 7) is 2.04. The average Bonchev–Trinajstić information content (AvgIpc) is 2.70. The monoisotopic (exact) mass is 292 g/mol. The highest BCUT2D eigenvalue weighted by atomic mass is 79.9. The van der Waals surface area contributed by atoms with Crippen LogP contribution in [0, 0.1) is 5.92 Å². The first-order valence-corrected chi connectivity index (χ1v) is 6.63. The first kappa shape index (κ1) is 11.0. The number of piperidine rings is 1. The van der Waals surface area contributed by atoms with E-state index in [0.29, 0.717) is 12.3 Å². The summed E-state index contributed by atoms with van der Waals surface area (Å²) in [5.41, 5.74) is 1.67. The fourth-order valence-electron chi connectivity index (χ4n) is 2.57. The van der Waals surface area contributed by atoms with Crippen molar-refractivity contribution in [2.24, 2.45) is 5.92 Å². The molecule has 0 N–H and O–H groups in total. The maximum atomic E-state index is 12.0. The largest absolute Gasteiger partial charge is 0.368 e. The number of halogens is 1. The first-order chi connectivity index (χ1) is 8.24. The molecule has 0 radical (unpaired) electrons. The summed E-state index contributed by atoms with van der Waals surface area (Å²) < 4.78 is 0.932. The van der Waals surface area contributed by atoms with Crippen LogP contribution in [-0.2, 0) is 4.79 Å². The number of pyridine rings is 1. The van der Waals surface area contributed by atoms with E-state index in [1.807, 2.05) is 18.2 Å². The molecule has 3 heterocycles. The van der Waals surface area contributed by atoms with Gasteiger partial charge in [0.2, 0.25) is 0 Å². The zero-order valence-electron chi connectivity index (χ0n) is 9.40. The minimum atomic E-state index is 0.260. The van der Waals surface area contributed by atoms with Gasteiger partial charge >= 0.3 is 0 Å². The highest BCUT2D eigenvalue weighted by molar-refractivity contribution is 9.10. The van der Waals surface area contributed by atoms with E-state index in [4.69, 9.17) is 0 Å². The summed E-state index contributed by atoms with van der Waals surface area (Å²) in [5, 5.41) is 0. The van der Waals surface area contributed by atoms with Gasteiger partial charge in [0.1, 0.15) is 0 Å². The first-order valence-electron chi connectivity index (χ1n) is 5.84. The van der Waals surface area contributed by atoms with Crippen molar-refractivity contribution in [1.29, 1.82) is 0 Å². The van der Waals surface area contributed by atoms with E-state index < -0.39 is 0 Å². The summed E-state index contributed by atoms with van der Waals surface area (Å²) in [7, 11) is 0. The van der Waals surface area contributed by atoms with Crippen molar-refractivity contribution < 1.29 is 4.79 Å². The number of hydrogen-bond donors (Lipinski definition) is 0. The molecule has 17 heavy (non-hydrogen) atoms. The second kappa shape index (κ2) is 4.26. The van der Waals surface area contributed by atoms with Crippen LogP contribution in [0.4, 0.5) is 0 Å². The number of rotatable bonds is 1. The Kier molecular flexibility index (Phi) is 2.74. The normalized spacial score (nSPS) is 25.7. The third-order valence-corrected chi connectivity index (χ3v) is 4.12. The second-order valence-electron chi connectivity index (χ2n) is 4.63. The molecule has 1 atom stereocenters. The molecule has 88 valence electrons. The van der Waals surface area contributed by atoms with Gasteiger partial charge in [-0.15, -0.1) is 0 Å². The van der Waals surface area contributed by atoms with E-state index in [1.54, 1.807) is 6.20 Å². The van der Waals surface area contributed by atoms with E-state index in [9.17, 15) is 4.79 Å². The Morgan fingerprint density at radius 1 is 1.53 bits per heavy atom. The van der Waals surface area contributed by atoms with Crippen molar-refractivity contribution >= 4 is 27.8 Å². The Hall–Kier alpha value is -1.16. The van der Waals surface area contributed by atoms with Crippen LogP contribution in [0.1, 0.15) is 18.5 Å². The average molecular weight is 293 g/mol. The van der Waals surface area contributed by atoms with Crippen LogP contribution in [0.3, 0.4) is 0 Å². The van der Waals surface area contributed by atoms with E-state index in [0.717, 1.165) is 35.4 Å². The molecule has 1 unspecified atom stereocenters. The predicted octanol–water partition coefficient (Wildman–Crippen LogP) is 2.48. The van der Waals surface area contributed by atoms with Gasteiger partial charge in [0.05, 0.1) is 11.4 Å². The highest BCUT2D eigenvalue weighted by Crippen LogP contribution is 2.32. The standard InChI is InChI=1S/C13H13BrN2O/c14-10-2-1-4-15-11(10)7-12-13(17)6-9-3-5-16(12)8-9/h1-2,4,7,9H,3,5-6,8H2. The SMILES string of the molecule is O=C1CC2CCN(C2)C1=Cc1ncccc1Br. The zero-order valence-corrected chi connectivity index (χ0v) is 11.0. The number of nitrogens with zero attached hydrogens (tertiary/aromatic N) is 2. The number of Topliss-reactive ketones (excluding diaryl/α,β-unsaturated/α-hetero) is 1. The third-order valence-electron chi connectivity index (χ3n) is 3.45. The van der Waals surface area contributed by atoms with Gasteiger partial charge in [-0.1, -0.05) is 0 Å². The van der Waals surface area contributed by atoms with Gasteiger partial charge < -0.3 is 4.90 Å². The Balaban J connectivity index is 1.97. The summed E-state index contributed by atoms with van der Waals surface area (Å²) in [6, 6.07) is 3.82. The van der Waals surface area contributed by atoms with Crippen LogP contribution in [0.15, 0.2) is 28.5 Å². The Bertz CT molecular complexity index is 498. The summed E-state index contributed by atoms with van der Waals surface area (Å²) in [4.78, 5) is 18.5. The number of aromatic nitrogens is 1. The molecule has 2 aliphatic heterocycles. The Labute approximate surface area is 109 Å². The minimum absolute atomic E-state index is 0.260. The van der Waals surface area contributed by atoms with Crippen LogP contribution in [0.5, 0.6) is 0 Å². The van der Waals surface area contributed by atoms with Crippen molar-refractivity contribution in [3.05, 3.63) is 34.2 Å². The van der Waals surface area contributed by atoms with Crippen molar-refractivity contribution in [3.63, 3.8) is 0 Å². The van der Waals surface area contributed by atoms with Crippen LogP contribution in [0.2, 0.25) is 0 Å². The van der Waals surface area contributed by atoms with Crippen molar-refractivity contribution in [2.45, 2.75) is 12.8 Å². The molecule has 2 bridgehead atoms. The van der Waals surface area contributed by atoms with Gasteiger partial charge in [0.25, 0.3) is 0 Å². The Morgan fingerprint density at radius 2 is 2.41 bits per heavy atom. The van der Waals surface area contributed by atoms with E-state index in [-0.39, 0.29) is 5.78 Å². The van der Waals surface area contributed by atoms with E-state index >= 15 is 0 Å². The molecular formula is C13H13BrN2O. The molecule has 2 fully saturated rings. The zero-order chi connectivity index (χ0) is 11.8. The number of hydrogen-bond acceptors (Lipinski definition) is 3. The number of ketones is 1. The van der Waals surface area contributed by atoms with Gasteiger partial charge in [-0.3, -0.25) is 9.78 Å². The van der Waals surface area contributed by atoms with Crippen LogP contribution in [0.25, 0.3) is 6.08 Å². The van der Waals surface area contributed by atoms with E-state index in [1.165, 1.54) is 0 Å². The van der Waals surface area contributed by atoms with Crippen molar-refractivity contribution in [1.82, 2.24) is 9.88 Å². The topological polar surface area (TPSA) is 33.2 Å².